The molecular weight excluding hydrogens is 595 g/mol. The fourth-order valence-electron chi connectivity index (χ4n) is 7.14. The Morgan fingerprint density at radius 3 is 1.76 bits per heavy atom. The Kier molecular flexibility index (Phi) is 5.88. The van der Waals surface area contributed by atoms with Crippen molar-refractivity contribution in [2.75, 3.05) is 0 Å². The Morgan fingerprint density at radius 1 is 0.531 bits per heavy atom. The number of benzene rings is 7. The van der Waals surface area contributed by atoms with Crippen LogP contribution in [0.25, 0.3) is 82.8 Å². The molecule has 0 unspecified atom stereocenters. The van der Waals surface area contributed by atoms with Crippen molar-refractivity contribution >= 4 is 32.6 Å². The quantitative estimate of drug-likeness (QED) is 0.171. The molecule has 0 N–H and O–H groups in total. The number of pyridine rings is 1. The molecule has 49 heavy (non-hydrogen) atoms. The maximum atomic E-state index is 8.52. The van der Waals surface area contributed by atoms with Gasteiger partial charge < -0.3 is 0 Å². The third kappa shape index (κ3) is 4.99. The van der Waals surface area contributed by atoms with E-state index in [-0.39, 0.29) is 5.82 Å². The second-order valence-corrected chi connectivity index (χ2v) is 12.2. The number of aromatic nitrogens is 3. The molecule has 0 saturated heterocycles. The van der Waals surface area contributed by atoms with Crippen LogP contribution in [0.4, 0.5) is 0 Å². The van der Waals surface area contributed by atoms with Crippen LogP contribution in [0.15, 0.2) is 170 Å². The molecular formula is C46H33N3. The molecule has 0 bridgehead atoms. The summed E-state index contributed by atoms with van der Waals surface area (Å²) in [6.07, 6.45) is 1.04. The molecule has 3 heteroatoms. The summed E-state index contributed by atoms with van der Waals surface area (Å²) >= 11 is 0. The number of para-hydroxylation sites is 2. The minimum Gasteiger partial charge on any atom is -0.296 e. The number of hydrogen-bond acceptors (Lipinski definition) is 2. The van der Waals surface area contributed by atoms with Crippen LogP contribution in [0.1, 0.15) is 19.5 Å². The van der Waals surface area contributed by atoms with E-state index < -0.39 is 13.2 Å². The second-order valence-electron chi connectivity index (χ2n) is 12.2. The summed E-state index contributed by atoms with van der Waals surface area (Å²) in [6.45, 7) is -2.89. The summed E-state index contributed by atoms with van der Waals surface area (Å²) in [7, 11) is 0. The van der Waals surface area contributed by atoms with E-state index in [0.29, 0.717) is 16.7 Å². The predicted molar refractivity (Wildman–Crippen MR) is 205 cm³/mol. The van der Waals surface area contributed by atoms with Gasteiger partial charge in [-0.05, 0) is 96.9 Å². The summed E-state index contributed by atoms with van der Waals surface area (Å²) in [4.78, 5) is 8.80. The summed E-state index contributed by atoms with van der Waals surface area (Å²) in [5.74, 6) is -0.146. The first kappa shape index (κ1) is 23.9. The number of nitrogens with zero attached hydrogens (tertiary/aromatic N) is 3. The van der Waals surface area contributed by atoms with Gasteiger partial charge in [0, 0.05) is 36.9 Å². The molecule has 0 amide bonds. The average Bonchev–Trinajstić information content (AvgIpc) is 3.61. The highest BCUT2D eigenvalue weighted by Gasteiger charge is 2.17. The van der Waals surface area contributed by atoms with Crippen LogP contribution in [0.2, 0.25) is 0 Å². The number of rotatable bonds is 6. The van der Waals surface area contributed by atoms with Gasteiger partial charge in [-0.15, -0.1) is 0 Å². The van der Waals surface area contributed by atoms with Crippen molar-refractivity contribution in [1.82, 2.24) is 14.5 Å². The van der Waals surface area contributed by atoms with Crippen molar-refractivity contribution in [1.29, 1.82) is 0 Å². The summed E-state index contributed by atoms with van der Waals surface area (Å²) in [6, 6.07) is 53.6. The molecule has 0 radical (unpaired) electrons. The van der Waals surface area contributed by atoms with Gasteiger partial charge in [0.25, 0.3) is 0 Å². The Balaban J connectivity index is 1.12. The molecule has 7 aromatic carbocycles. The first-order valence-electron chi connectivity index (χ1n) is 18.8. The van der Waals surface area contributed by atoms with E-state index in [1.54, 1.807) is 16.8 Å². The summed E-state index contributed by atoms with van der Waals surface area (Å²) in [5.41, 5.74) is 10.7. The fourth-order valence-corrected chi connectivity index (χ4v) is 7.14. The number of aryl methyl sites for hydroxylation is 1. The minimum atomic E-state index is -2.89. The average molecular weight is 633 g/mol. The van der Waals surface area contributed by atoms with Crippen molar-refractivity contribution in [3.63, 3.8) is 0 Å². The topological polar surface area (TPSA) is 30.7 Å². The smallest absolute Gasteiger partial charge is 0.114 e. The van der Waals surface area contributed by atoms with Crippen molar-refractivity contribution in [2.24, 2.45) is 0 Å². The molecule has 0 spiro atoms. The molecule has 2 heterocycles. The third-order valence-corrected chi connectivity index (χ3v) is 9.38. The first-order chi connectivity index (χ1) is 26.2. The van der Waals surface area contributed by atoms with Crippen molar-refractivity contribution in [3.8, 4) is 50.2 Å². The lowest BCUT2D eigenvalue weighted by atomic mass is 9.85. The third-order valence-electron chi connectivity index (χ3n) is 9.38. The monoisotopic (exact) mass is 632 g/mol. The summed E-state index contributed by atoms with van der Waals surface area (Å²) < 4.78 is 42.4. The molecule has 3 nitrogen and oxygen atoms in total. The van der Waals surface area contributed by atoms with Crippen LogP contribution in [0, 0.1) is 0 Å². The van der Waals surface area contributed by atoms with Gasteiger partial charge in [0.15, 0.2) is 0 Å². The van der Waals surface area contributed by atoms with Gasteiger partial charge in [-0.25, -0.2) is 4.98 Å². The molecule has 232 valence electrons. The second kappa shape index (κ2) is 12.0. The highest BCUT2D eigenvalue weighted by molar-refractivity contribution is 6.21. The molecule has 2 aromatic heterocycles. The van der Waals surface area contributed by atoms with E-state index in [4.69, 9.17) is 6.85 Å². The van der Waals surface area contributed by atoms with Gasteiger partial charge in [0.05, 0.1) is 11.0 Å². The minimum absolute atomic E-state index is 0.146. The number of fused-ring (bicyclic) bond motifs is 3. The van der Waals surface area contributed by atoms with E-state index >= 15 is 0 Å². The predicted octanol–water partition coefficient (Wildman–Crippen LogP) is 12.0. The van der Waals surface area contributed by atoms with Gasteiger partial charge in [-0.1, -0.05) is 128 Å². The van der Waals surface area contributed by atoms with Crippen molar-refractivity contribution in [2.45, 2.75) is 13.2 Å². The molecule has 0 aliphatic heterocycles. The van der Waals surface area contributed by atoms with Crippen LogP contribution in [-0.4, -0.2) is 14.5 Å². The SMILES string of the molecule is [2H]C([2H])([2H])C([2H])([2H])c1nc2ccccc2n1-c1ccc(-c2ccc(-c3c4ccccc4c(-c4cccc(-c5cccnc5)c4)c4ccccc34)cc2)cc1. The molecule has 0 aliphatic carbocycles. The molecule has 0 saturated carbocycles. The fraction of sp³-hybridized carbons (Fsp3) is 0.0435. The van der Waals surface area contributed by atoms with Gasteiger partial charge in [-0.2, -0.15) is 0 Å². The standard InChI is InChI=1S/C46H33N3/c1-2-44-48-42-18-7-8-19-43(42)49(44)37-26-24-32(25-27-37)31-20-22-33(23-21-31)45-38-14-3-5-16-40(38)46(41-17-6-4-15-39(41)45)35-12-9-11-34(29-35)36-13-10-28-47-30-36/h3-30H,2H2,1H3/i1D3,2D2. The van der Waals surface area contributed by atoms with E-state index in [1.807, 2.05) is 54.7 Å². The van der Waals surface area contributed by atoms with Crippen LogP contribution in [0.5, 0.6) is 0 Å². The Morgan fingerprint density at radius 2 is 1.10 bits per heavy atom. The van der Waals surface area contributed by atoms with E-state index in [0.717, 1.165) is 33.4 Å². The zero-order chi connectivity index (χ0) is 37.0. The van der Waals surface area contributed by atoms with Gasteiger partial charge >= 0.3 is 0 Å². The van der Waals surface area contributed by atoms with Crippen molar-refractivity contribution in [3.05, 3.63) is 176 Å². The largest absolute Gasteiger partial charge is 0.296 e. The highest BCUT2D eigenvalue weighted by Crippen LogP contribution is 2.44. The zero-order valence-electron chi connectivity index (χ0n) is 31.5. The van der Waals surface area contributed by atoms with Gasteiger partial charge in [-0.3, -0.25) is 9.55 Å². The van der Waals surface area contributed by atoms with Crippen LogP contribution < -0.4 is 0 Å². The zero-order valence-corrected chi connectivity index (χ0v) is 26.5. The summed E-state index contributed by atoms with van der Waals surface area (Å²) in [5, 5.41) is 4.72. The van der Waals surface area contributed by atoms with E-state index in [1.165, 1.54) is 32.7 Å². The van der Waals surface area contributed by atoms with Crippen LogP contribution in [-0.2, 0) is 6.37 Å². The highest BCUT2D eigenvalue weighted by atomic mass is 15.1. The maximum Gasteiger partial charge on any atom is 0.114 e. The molecule has 9 aromatic rings. The molecule has 0 atom stereocenters. The van der Waals surface area contributed by atoms with Gasteiger partial charge in [0.2, 0.25) is 0 Å². The maximum absolute atomic E-state index is 8.52. The lowest BCUT2D eigenvalue weighted by Gasteiger charge is -2.18. The van der Waals surface area contributed by atoms with Crippen LogP contribution >= 0.6 is 0 Å². The lowest BCUT2D eigenvalue weighted by molar-refractivity contribution is 0.908. The van der Waals surface area contributed by atoms with E-state index in [2.05, 4.69) is 113 Å². The first-order valence-corrected chi connectivity index (χ1v) is 16.3. The van der Waals surface area contributed by atoms with E-state index in [9.17, 15) is 0 Å². The van der Waals surface area contributed by atoms with Crippen LogP contribution in [0.3, 0.4) is 0 Å². The molecule has 0 fully saturated rings. The van der Waals surface area contributed by atoms with Gasteiger partial charge in [0.1, 0.15) is 5.82 Å². The lowest BCUT2D eigenvalue weighted by Crippen LogP contribution is -1.99. The van der Waals surface area contributed by atoms with Crippen molar-refractivity contribution < 1.29 is 6.85 Å². The normalized spacial score (nSPS) is 13.5. The molecule has 0 aliphatic rings. The Labute approximate surface area is 292 Å². The molecule has 9 rings (SSSR count). The number of imidazole rings is 1. The Hall–Kier alpha value is -6.32. The Bertz CT molecular complexity index is 2770. The number of hydrogen-bond donors (Lipinski definition) is 0.